The standard InChI is InChI=1S/C59H84N2O17/c1-37-19-15-13-11-9-7-5-6-8-10-12-14-16-24-47(77-59-57(75)55(60)56(74)40(4)76-59)34-52(70)48(35-53(71)72)51(69)32-46(66)31-44(64)22-17-20-42(62)30-43(63)21-18-23-45(65)33-54(73)78-58(37)39(3)29-38(2)49(67)36-50(68)41-25-27-61-28-26-41/h5-16,19,24-28,37-40,42,44,47-49,51-52,55-59,62,64,67,69-70,74-75H,17-18,20-23,29-36,60H2,1-4H3,(H,71,72). The molecular formula is C59H84N2O17. The minimum absolute atomic E-state index is 0.0327. The number of hydrogen-bond donors (Lipinski definition) is 9. The van der Waals surface area contributed by atoms with Crippen LogP contribution in [0.4, 0.5) is 0 Å². The van der Waals surface area contributed by atoms with Gasteiger partial charge in [-0.2, -0.15) is 0 Å². The Labute approximate surface area is 458 Å². The van der Waals surface area contributed by atoms with Crippen LogP contribution in [0.2, 0.25) is 0 Å². The van der Waals surface area contributed by atoms with Crippen LogP contribution in [0.1, 0.15) is 128 Å². The summed E-state index contributed by atoms with van der Waals surface area (Å²) in [6.45, 7) is 7.11. The molecule has 432 valence electrons. The zero-order valence-corrected chi connectivity index (χ0v) is 45.3. The molecule has 10 N–H and O–H groups in total. The first-order chi connectivity index (χ1) is 37.1. The van der Waals surface area contributed by atoms with E-state index in [9.17, 15) is 69.6 Å². The van der Waals surface area contributed by atoms with Crippen molar-refractivity contribution in [1.82, 2.24) is 4.98 Å². The monoisotopic (exact) mass is 1090 g/mol. The number of esters is 1. The number of Topliss-reactive ketones (excluding diaryl/α,β-unsaturated/α-hetero) is 4. The van der Waals surface area contributed by atoms with Crippen LogP contribution in [0.25, 0.3) is 0 Å². The number of nitrogens with zero attached hydrogens (tertiary/aromatic N) is 1. The summed E-state index contributed by atoms with van der Waals surface area (Å²) in [6, 6.07) is 2.03. The predicted octanol–water partition coefficient (Wildman–Crippen LogP) is 4.84. The molecule has 19 nitrogen and oxygen atoms in total. The number of pyridine rings is 1. The first-order valence-electron chi connectivity index (χ1n) is 27.0. The number of carboxylic acid groups (broad SMARTS) is 1. The number of aromatic nitrogens is 1. The molecule has 16 atom stereocenters. The lowest BCUT2D eigenvalue weighted by Gasteiger charge is -2.41. The van der Waals surface area contributed by atoms with Crippen LogP contribution in [0.5, 0.6) is 0 Å². The van der Waals surface area contributed by atoms with E-state index in [2.05, 4.69) is 4.98 Å². The van der Waals surface area contributed by atoms with Gasteiger partial charge in [-0.1, -0.05) is 106 Å². The molecular weight excluding hydrogens is 1010 g/mol. The number of ether oxygens (including phenoxy) is 3. The molecule has 0 amide bonds. The van der Waals surface area contributed by atoms with Gasteiger partial charge in [-0.3, -0.25) is 33.8 Å². The SMILES string of the molecule is CC1C=CC=CC=CC=CC=CC=CC=CC(OC2OC(C)C(O)C(N)C2O)CC(O)C(CC(=O)O)C(O)CC(=O)CC(O)CCCC(O)CC(=O)CCCC(=O)CC(=O)OC1C(C)CC(C)C(O)CC(=O)c1ccncc1. The van der Waals surface area contributed by atoms with Crippen molar-refractivity contribution in [3.63, 3.8) is 0 Å². The minimum atomic E-state index is -1.65. The van der Waals surface area contributed by atoms with E-state index in [1.165, 1.54) is 25.4 Å². The average Bonchev–Trinajstić information content (AvgIpc) is 3.38. The van der Waals surface area contributed by atoms with Crippen LogP contribution < -0.4 is 5.73 Å². The van der Waals surface area contributed by atoms with Gasteiger partial charge >= 0.3 is 11.9 Å². The number of aliphatic hydroxyl groups is 7. The number of carbonyl (C=O) groups excluding carboxylic acids is 5. The second kappa shape index (κ2) is 35.9. The lowest BCUT2D eigenvalue weighted by molar-refractivity contribution is -0.277. The number of cyclic esters (lactones) is 1. The van der Waals surface area contributed by atoms with Gasteiger partial charge in [0.05, 0.1) is 61.3 Å². The molecule has 2 aliphatic heterocycles. The molecule has 0 spiro atoms. The van der Waals surface area contributed by atoms with Crippen molar-refractivity contribution < 1.29 is 83.8 Å². The summed E-state index contributed by atoms with van der Waals surface area (Å²) in [4.78, 5) is 80.7. The lowest BCUT2D eigenvalue weighted by atomic mass is 9.83. The van der Waals surface area contributed by atoms with E-state index in [1.807, 2.05) is 26.8 Å². The second-order valence-electron chi connectivity index (χ2n) is 20.7. The number of carboxylic acids is 1. The van der Waals surface area contributed by atoms with Gasteiger partial charge in [-0.15, -0.1) is 0 Å². The third-order valence-electron chi connectivity index (χ3n) is 13.9. The maximum absolute atomic E-state index is 13.3. The fraction of sp³-hybridized carbons (Fsp3) is 0.576. The number of aliphatic carboxylic acids is 1. The van der Waals surface area contributed by atoms with Gasteiger partial charge in [-0.25, -0.2) is 0 Å². The number of aliphatic hydroxyl groups excluding tert-OH is 7. The summed E-state index contributed by atoms with van der Waals surface area (Å²) in [5.41, 5.74) is 6.45. The van der Waals surface area contributed by atoms with Crippen molar-refractivity contribution in [3.05, 3.63) is 115 Å². The molecule has 0 saturated carbocycles. The number of allylic oxidation sites excluding steroid dienone is 12. The largest absolute Gasteiger partial charge is 0.481 e. The Hall–Kier alpha value is -5.45. The maximum atomic E-state index is 13.3. The summed E-state index contributed by atoms with van der Waals surface area (Å²) >= 11 is 0. The summed E-state index contributed by atoms with van der Waals surface area (Å²) in [5.74, 6) is -6.07. The van der Waals surface area contributed by atoms with Crippen molar-refractivity contribution in [2.24, 2.45) is 29.4 Å². The average molecular weight is 1090 g/mol. The molecule has 78 heavy (non-hydrogen) atoms. The van der Waals surface area contributed by atoms with Gasteiger partial charge in [0.1, 0.15) is 36.0 Å². The number of rotatable bonds is 11. The highest BCUT2D eigenvalue weighted by molar-refractivity contribution is 5.96. The molecule has 2 aliphatic rings. The summed E-state index contributed by atoms with van der Waals surface area (Å²) in [6.07, 6.45) is 12.1. The Morgan fingerprint density at radius 3 is 1.87 bits per heavy atom. The van der Waals surface area contributed by atoms with E-state index in [0.29, 0.717) is 12.0 Å². The van der Waals surface area contributed by atoms with Crippen molar-refractivity contribution >= 4 is 35.1 Å². The van der Waals surface area contributed by atoms with Gasteiger partial charge in [0.15, 0.2) is 12.1 Å². The second-order valence-corrected chi connectivity index (χ2v) is 20.7. The third kappa shape index (κ3) is 25.6. The third-order valence-corrected chi connectivity index (χ3v) is 13.9. The number of ketones is 4. The molecule has 3 rings (SSSR count). The molecule has 3 heterocycles. The first kappa shape index (κ1) is 66.8. The highest BCUT2D eigenvalue weighted by atomic mass is 16.7. The molecule has 16 unspecified atom stereocenters. The van der Waals surface area contributed by atoms with E-state index < -0.39 is 128 Å². The highest BCUT2D eigenvalue weighted by Crippen LogP contribution is 2.29. The number of hydrogen-bond acceptors (Lipinski definition) is 18. The molecule has 0 aromatic carbocycles. The Morgan fingerprint density at radius 1 is 0.731 bits per heavy atom. The molecule has 1 saturated heterocycles. The van der Waals surface area contributed by atoms with E-state index in [0.717, 1.165) is 0 Å². The molecule has 1 aromatic rings. The zero-order valence-electron chi connectivity index (χ0n) is 45.3. The fourth-order valence-corrected chi connectivity index (χ4v) is 9.34. The lowest BCUT2D eigenvalue weighted by Crippen LogP contribution is -2.61. The maximum Gasteiger partial charge on any atom is 0.313 e. The van der Waals surface area contributed by atoms with E-state index in [4.69, 9.17) is 19.9 Å². The topological polar surface area (TPSA) is 331 Å². The number of carbonyl (C=O) groups is 6. The molecule has 19 heteroatoms. The van der Waals surface area contributed by atoms with Crippen LogP contribution >= 0.6 is 0 Å². The van der Waals surface area contributed by atoms with Crippen molar-refractivity contribution in [2.45, 2.75) is 191 Å². The highest BCUT2D eigenvalue weighted by Gasteiger charge is 2.43. The van der Waals surface area contributed by atoms with Crippen molar-refractivity contribution in [3.8, 4) is 0 Å². The summed E-state index contributed by atoms with van der Waals surface area (Å²) < 4.78 is 17.7. The van der Waals surface area contributed by atoms with Crippen molar-refractivity contribution in [1.29, 1.82) is 0 Å². The Kier molecular flexibility index (Phi) is 30.8. The van der Waals surface area contributed by atoms with Crippen LogP contribution in [0.15, 0.2) is 110 Å². The smallest absolute Gasteiger partial charge is 0.313 e. The fourth-order valence-electron chi connectivity index (χ4n) is 9.34. The van der Waals surface area contributed by atoms with Gasteiger partial charge in [0, 0.05) is 74.7 Å². The Balaban J connectivity index is 1.82. The number of nitrogens with two attached hydrogens (primary N) is 1. The minimum Gasteiger partial charge on any atom is -0.481 e. The quantitative estimate of drug-likeness (QED) is 0.0813. The van der Waals surface area contributed by atoms with Crippen LogP contribution in [0.3, 0.4) is 0 Å². The Bertz CT molecular complexity index is 2240. The molecule has 0 aliphatic carbocycles. The van der Waals surface area contributed by atoms with Crippen LogP contribution in [0, 0.1) is 23.7 Å². The first-order valence-corrected chi connectivity index (χ1v) is 27.0. The Morgan fingerprint density at radius 2 is 1.28 bits per heavy atom. The van der Waals surface area contributed by atoms with Gasteiger partial charge < -0.3 is 60.8 Å². The van der Waals surface area contributed by atoms with Gasteiger partial charge in [0.25, 0.3) is 0 Å². The van der Waals surface area contributed by atoms with Gasteiger partial charge in [0.2, 0.25) is 0 Å². The molecule has 1 fully saturated rings. The van der Waals surface area contributed by atoms with Crippen molar-refractivity contribution in [2.75, 3.05) is 0 Å². The zero-order chi connectivity index (χ0) is 57.7. The predicted molar refractivity (Wildman–Crippen MR) is 290 cm³/mol. The summed E-state index contributed by atoms with van der Waals surface area (Å²) in [7, 11) is 0. The van der Waals surface area contributed by atoms with E-state index >= 15 is 0 Å². The normalized spacial score (nSPS) is 31.2. The molecule has 0 radical (unpaired) electrons. The van der Waals surface area contributed by atoms with E-state index in [1.54, 1.807) is 85.0 Å². The van der Waals surface area contributed by atoms with E-state index in [-0.39, 0.29) is 87.1 Å². The van der Waals surface area contributed by atoms with Gasteiger partial charge in [-0.05, 0) is 63.0 Å². The van der Waals surface area contributed by atoms with Crippen LogP contribution in [-0.4, -0.2) is 154 Å². The molecule has 1 aromatic heterocycles. The van der Waals surface area contributed by atoms with Crippen LogP contribution in [-0.2, 0) is 38.2 Å². The summed E-state index contributed by atoms with van der Waals surface area (Å²) in [5, 5.41) is 85.6. The molecule has 0 bridgehead atoms.